The van der Waals surface area contributed by atoms with Gasteiger partial charge in [0.05, 0.1) is 28.8 Å². The van der Waals surface area contributed by atoms with Crippen LogP contribution in [-0.4, -0.2) is 44.0 Å². The van der Waals surface area contributed by atoms with E-state index in [0.717, 1.165) is 29.2 Å². The smallest absolute Gasteiger partial charge is 0.339 e. The van der Waals surface area contributed by atoms with Gasteiger partial charge in [-0.05, 0) is 95.2 Å². The van der Waals surface area contributed by atoms with Crippen LogP contribution in [-0.2, 0) is 19.7 Å². The van der Waals surface area contributed by atoms with Crippen molar-refractivity contribution in [2.45, 2.75) is 11.8 Å². The standard InChI is InChI=1S/C26H20BrN3O9S2/c1-3-38-22-14-15(13-21(27)23(22)39-41(35,36)19-10-6-17(7-11-19)30(33)34)12-20-24(31)28-26(40)29(25(20)32)16-4-8-18(37-2)9-5-16/h4-14H,3H2,1-2H3,(H,28,31,40)/b20-12-. The summed E-state index contributed by atoms with van der Waals surface area (Å²) in [6, 6.07) is 13.5. The molecule has 2 amide bonds. The molecule has 1 aliphatic rings. The average molecular weight is 662 g/mol. The fourth-order valence-electron chi connectivity index (χ4n) is 3.70. The van der Waals surface area contributed by atoms with E-state index < -0.39 is 26.9 Å². The van der Waals surface area contributed by atoms with Crippen molar-refractivity contribution in [1.82, 2.24) is 5.32 Å². The number of carbonyl (C=O) groups is 2. The number of ether oxygens (including phenoxy) is 2. The van der Waals surface area contributed by atoms with Gasteiger partial charge in [-0.15, -0.1) is 0 Å². The number of anilines is 1. The number of carbonyl (C=O) groups excluding carboxylic acids is 2. The maximum atomic E-state index is 13.4. The van der Waals surface area contributed by atoms with E-state index in [1.54, 1.807) is 31.2 Å². The molecule has 0 aromatic heterocycles. The van der Waals surface area contributed by atoms with Gasteiger partial charge in [0.2, 0.25) is 0 Å². The quantitative estimate of drug-likeness (QED) is 0.0873. The summed E-state index contributed by atoms with van der Waals surface area (Å²) in [6.07, 6.45) is 1.30. The molecule has 3 aromatic carbocycles. The molecule has 1 saturated heterocycles. The van der Waals surface area contributed by atoms with Gasteiger partial charge in [-0.1, -0.05) is 0 Å². The van der Waals surface area contributed by atoms with Crippen molar-refractivity contribution in [2.75, 3.05) is 18.6 Å². The zero-order chi connectivity index (χ0) is 29.9. The predicted molar refractivity (Wildman–Crippen MR) is 155 cm³/mol. The molecule has 0 unspecified atom stereocenters. The van der Waals surface area contributed by atoms with E-state index in [-0.39, 0.29) is 43.8 Å². The average Bonchev–Trinajstić information content (AvgIpc) is 2.93. The maximum absolute atomic E-state index is 13.4. The molecule has 1 heterocycles. The Bertz CT molecular complexity index is 1690. The predicted octanol–water partition coefficient (Wildman–Crippen LogP) is 4.36. The van der Waals surface area contributed by atoms with Gasteiger partial charge in [-0.3, -0.25) is 29.9 Å². The Morgan fingerprint density at radius 2 is 1.76 bits per heavy atom. The molecule has 1 aliphatic heterocycles. The second kappa shape index (κ2) is 12.0. The zero-order valence-electron chi connectivity index (χ0n) is 21.3. The van der Waals surface area contributed by atoms with Crippen LogP contribution in [0, 0.1) is 10.1 Å². The number of methoxy groups -OCH3 is 1. The molecule has 0 radical (unpaired) electrons. The number of nitro benzene ring substituents is 1. The number of nitrogens with zero attached hydrogens (tertiary/aromatic N) is 2. The first-order chi connectivity index (χ1) is 19.4. The van der Waals surface area contributed by atoms with Gasteiger partial charge in [0.1, 0.15) is 16.2 Å². The fraction of sp³-hybridized carbons (Fsp3) is 0.115. The molecule has 4 rings (SSSR count). The minimum absolute atomic E-state index is 0.00888. The number of benzene rings is 3. The highest BCUT2D eigenvalue weighted by Crippen LogP contribution is 2.39. The number of hydrogen-bond donors (Lipinski definition) is 1. The van der Waals surface area contributed by atoms with Gasteiger partial charge in [0.25, 0.3) is 17.5 Å². The lowest BCUT2D eigenvalue weighted by atomic mass is 10.1. The molecule has 15 heteroatoms. The Kier molecular flexibility index (Phi) is 8.70. The summed E-state index contributed by atoms with van der Waals surface area (Å²) in [5, 5.41) is 13.3. The van der Waals surface area contributed by atoms with Crippen LogP contribution in [0.3, 0.4) is 0 Å². The highest BCUT2D eigenvalue weighted by atomic mass is 79.9. The van der Waals surface area contributed by atoms with E-state index in [9.17, 15) is 28.1 Å². The summed E-state index contributed by atoms with van der Waals surface area (Å²) in [5.41, 5.74) is 0.186. The minimum Gasteiger partial charge on any atom is -0.497 e. The van der Waals surface area contributed by atoms with Crippen LogP contribution in [0.1, 0.15) is 12.5 Å². The number of nitro groups is 1. The molecular formula is C26H20BrN3O9S2. The first kappa shape index (κ1) is 29.6. The van der Waals surface area contributed by atoms with E-state index in [1.807, 2.05) is 0 Å². The minimum atomic E-state index is -4.42. The van der Waals surface area contributed by atoms with Crippen molar-refractivity contribution in [3.8, 4) is 17.2 Å². The van der Waals surface area contributed by atoms with E-state index in [4.69, 9.17) is 25.9 Å². The van der Waals surface area contributed by atoms with E-state index in [2.05, 4.69) is 21.2 Å². The molecule has 0 bridgehead atoms. The van der Waals surface area contributed by atoms with Gasteiger partial charge in [-0.2, -0.15) is 8.42 Å². The second-order valence-corrected chi connectivity index (χ2v) is 11.0. The largest absolute Gasteiger partial charge is 0.497 e. The molecule has 41 heavy (non-hydrogen) atoms. The number of non-ortho nitro benzene ring substituents is 1. The van der Waals surface area contributed by atoms with Crippen LogP contribution in [0.5, 0.6) is 17.2 Å². The number of halogens is 1. The second-order valence-electron chi connectivity index (χ2n) is 8.21. The SMILES string of the molecule is CCOc1cc(/C=C2/C(=O)NC(=S)N(c3ccc(OC)cc3)C2=O)cc(Br)c1OS(=O)(=O)c1ccc([N+](=O)[O-])cc1. The molecule has 1 fully saturated rings. The number of amides is 2. The van der Waals surface area contributed by atoms with Crippen molar-refractivity contribution >= 4 is 72.6 Å². The zero-order valence-corrected chi connectivity index (χ0v) is 24.5. The third-order valence-electron chi connectivity index (χ3n) is 5.60. The number of thiocarbonyl (C=S) groups is 1. The van der Waals surface area contributed by atoms with Gasteiger partial charge in [0, 0.05) is 12.1 Å². The summed E-state index contributed by atoms with van der Waals surface area (Å²) in [4.78, 5) is 37.2. The molecule has 0 spiro atoms. The molecule has 0 saturated carbocycles. The lowest BCUT2D eigenvalue weighted by Gasteiger charge is -2.29. The lowest BCUT2D eigenvalue weighted by molar-refractivity contribution is -0.384. The van der Waals surface area contributed by atoms with Crippen molar-refractivity contribution in [2.24, 2.45) is 0 Å². The van der Waals surface area contributed by atoms with Crippen molar-refractivity contribution in [3.05, 3.63) is 86.4 Å². The highest BCUT2D eigenvalue weighted by Gasteiger charge is 2.34. The molecule has 0 aliphatic carbocycles. The number of nitrogens with one attached hydrogen (secondary N) is 1. The van der Waals surface area contributed by atoms with E-state index in [1.165, 1.54) is 25.3 Å². The Balaban J connectivity index is 1.69. The molecule has 3 aromatic rings. The highest BCUT2D eigenvalue weighted by molar-refractivity contribution is 9.10. The molecule has 12 nitrogen and oxygen atoms in total. The summed E-state index contributed by atoms with van der Waals surface area (Å²) in [5.74, 6) is -1.05. The van der Waals surface area contributed by atoms with Gasteiger partial charge < -0.3 is 13.7 Å². The number of hydrogen-bond acceptors (Lipinski definition) is 10. The molecule has 212 valence electrons. The third-order valence-corrected chi connectivity index (χ3v) is 7.71. The van der Waals surface area contributed by atoms with Crippen LogP contribution < -0.4 is 23.9 Å². The van der Waals surface area contributed by atoms with Gasteiger partial charge in [0.15, 0.2) is 16.6 Å². The monoisotopic (exact) mass is 661 g/mol. The summed E-state index contributed by atoms with van der Waals surface area (Å²) < 4.78 is 42.0. The van der Waals surface area contributed by atoms with Crippen LogP contribution >= 0.6 is 28.1 Å². The first-order valence-corrected chi connectivity index (χ1v) is 14.3. The van der Waals surface area contributed by atoms with Crippen molar-refractivity contribution in [3.63, 3.8) is 0 Å². The van der Waals surface area contributed by atoms with E-state index >= 15 is 0 Å². The van der Waals surface area contributed by atoms with Gasteiger partial charge >= 0.3 is 10.1 Å². The Morgan fingerprint density at radius 1 is 1.10 bits per heavy atom. The Hall–Kier alpha value is -4.34. The van der Waals surface area contributed by atoms with Crippen LogP contribution in [0.4, 0.5) is 11.4 Å². The van der Waals surface area contributed by atoms with Crippen molar-refractivity contribution < 1.29 is 36.6 Å². The normalized spacial score (nSPS) is 14.6. The Morgan fingerprint density at radius 3 is 2.34 bits per heavy atom. The van der Waals surface area contributed by atoms with Crippen LogP contribution in [0.25, 0.3) is 6.08 Å². The van der Waals surface area contributed by atoms with Crippen LogP contribution in [0.2, 0.25) is 0 Å². The fourth-order valence-corrected chi connectivity index (χ4v) is 5.58. The first-order valence-electron chi connectivity index (χ1n) is 11.7. The maximum Gasteiger partial charge on any atom is 0.339 e. The molecule has 1 N–H and O–H groups in total. The molecular weight excluding hydrogens is 642 g/mol. The lowest BCUT2D eigenvalue weighted by Crippen LogP contribution is -2.54. The van der Waals surface area contributed by atoms with Crippen LogP contribution in [0.15, 0.2) is 75.6 Å². The Labute approximate surface area is 247 Å². The number of rotatable bonds is 9. The van der Waals surface area contributed by atoms with Crippen molar-refractivity contribution in [1.29, 1.82) is 0 Å². The topological polar surface area (TPSA) is 154 Å². The van der Waals surface area contributed by atoms with Gasteiger partial charge in [-0.25, -0.2) is 0 Å². The summed E-state index contributed by atoms with van der Waals surface area (Å²) in [6.45, 7) is 1.79. The van der Waals surface area contributed by atoms with E-state index in [0.29, 0.717) is 17.0 Å². The summed E-state index contributed by atoms with van der Waals surface area (Å²) in [7, 11) is -2.92. The third kappa shape index (κ3) is 6.37. The summed E-state index contributed by atoms with van der Waals surface area (Å²) >= 11 is 8.50. The molecule has 0 atom stereocenters.